The van der Waals surface area contributed by atoms with Gasteiger partial charge in [0.25, 0.3) is 20.0 Å². The molecule has 5 nitrogen and oxygen atoms in total. The molecule has 1 aromatic carbocycles. The monoisotopic (exact) mass is 261 g/mol. The highest BCUT2D eigenvalue weighted by atomic mass is 32.3. The van der Waals surface area contributed by atoms with Crippen LogP contribution >= 0.6 is 0 Å². The quantitative estimate of drug-likeness (QED) is 0.749. The Bertz CT molecular complexity index is 578. The highest BCUT2D eigenvalue weighted by Gasteiger charge is 2.48. The maximum atomic E-state index is 12.0. The fraction of sp³-hybridized carbons (Fsp3) is 0.333. The lowest BCUT2D eigenvalue weighted by atomic mass is 10.4. The molecule has 0 fully saturated rings. The molecule has 0 saturated heterocycles. The smallest absolute Gasteiger partial charge is 0.206 e. The van der Waals surface area contributed by atoms with Crippen molar-refractivity contribution in [2.45, 2.75) is 29.7 Å². The third-order valence-electron chi connectivity index (χ3n) is 2.30. The van der Waals surface area contributed by atoms with Crippen molar-refractivity contribution >= 4 is 20.0 Å². The molecule has 0 radical (unpaired) electrons. The van der Waals surface area contributed by atoms with Crippen LogP contribution in [0.1, 0.15) is 13.8 Å². The molecule has 1 aliphatic heterocycles. The Morgan fingerprint density at radius 2 is 1.31 bits per heavy atom. The molecule has 0 amide bonds. The maximum Gasteiger partial charge on any atom is 0.257 e. The van der Waals surface area contributed by atoms with Crippen LogP contribution in [0.5, 0.6) is 0 Å². The van der Waals surface area contributed by atoms with E-state index in [0.717, 1.165) is 0 Å². The molecule has 0 aromatic heterocycles. The lowest BCUT2D eigenvalue weighted by Crippen LogP contribution is -2.36. The zero-order valence-corrected chi connectivity index (χ0v) is 10.4. The van der Waals surface area contributed by atoms with Crippen molar-refractivity contribution in [2.24, 2.45) is 0 Å². The SMILES string of the molecule is CC(C)N1S(=O)(=O)c2ccccc2S1(=O)=O. The van der Waals surface area contributed by atoms with Crippen molar-refractivity contribution in [1.29, 1.82) is 0 Å². The van der Waals surface area contributed by atoms with Gasteiger partial charge in [0.1, 0.15) is 9.79 Å². The molecule has 88 valence electrons. The highest BCUT2D eigenvalue weighted by molar-refractivity contribution is 8.06. The van der Waals surface area contributed by atoms with Crippen molar-refractivity contribution in [3.63, 3.8) is 0 Å². The van der Waals surface area contributed by atoms with E-state index < -0.39 is 26.1 Å². The standard InChI is InChI=1S/C9H11NO4S2/c1-7(2)10-15(11,12)8-5-3-4-6-9(8)16(10,13)14/h3-7H,1-2H3. The molecular formula is C9H11NO4S2. The van der Waals surface area contributed by atoms with Gasteiger partial charge in [0, 0.05) is 6.04 Å². The van der Waals surface area contributed by atoms with Crippen LogP contribution in [0.3, 0.4) is 0 Å². The summed E-state index contributed by atoms with van der Waals surface area (Å²) in [5.74, 6) is 0. The summed E-state index contributed by atoms with van der Waals surface area (Å²) in [7, 11) is -7.82. The molecule has 0 aliphatic carbocycles. The van der Waals surface area contributed by atoms with E-state index in [1.807, 2.05) is 0 Å². The Labute approximate surface area is 94.8 Å². The van der Waals surface area contributed by atoms with Crippen LogP contribution in [0.15, 0.2) is 34.1 Å². The molecule has 1 aliphatic rings. The molecule has 7 heteroatoms. The number of fused-ring (bicyclic) bond motifs is 1. The van der Waals surface area contributed by atoms with Crippen molar-refractivity contribution in [2.75, 3.05) is 0 Å². The summed E-state index contributed by atoms with van der Waals surface area (Å²) in [4.78, 5) is -0.271. The van der Waals surface area contributed by atoms with Crippen molar-refractivity contribution in [3.8, 4) is 0 Å². The van der Waals surface area contributed by atoms with Gasteiger partial charge in [-0.25, -0.2) is 16.8 Å². The summed E-state index contributed by atoms with van der Waals surface area (Å²) < 4.78 is 48.5. The first-order valence-electron chi connectivity index (χ1n) is 4.68. The van der Waals surface area contributed by atoms with E-state index in [9.17, 15) is 16.8 Å². The number of hydrogen-bond donors (Lipinski definition) is 0. The summed E-state index contributed by atoms with van der Waals surface area (Å²) in [6.45, 7) is 3.06. The summed E-state index contributed by atoms with van der Waals surface area (Å²) >= 11 is 0. The second-order valence-corrected chi connectivity index (χ2v) is 7.57. The fourth-order valence-electron chi connectivity index (χ4n) is 1.75. The van der Waals surface area contributed by atoms with E-state index in [0.29, 0.717) is 3.71 Å². The van der Waals surface area contributed by atoms with Crippen LogP contribution < -0.4 is 0 Å². The number of benzene rings is 1. The molecule has 2 rings (SSSR count). The average Bonchev–Trinajstić information content (AvgIpc) is 2.31. The molecule has 0 bridgehead atoms. The lowest BCUT2D eigenvalue weighted by Gasteiger charge is -2.17. The molecule has 1 heterocycles. The van der Waals surface area contributed by atoms with E-state index >= 15 is 0 Å². The molecule has 16 heavy (non-hydrogen) atoms. The summed E-state index contributed by atoms with van der Waals surface area (Å²) in [6, 6.07) is 5.02. The van der Waals surface area contributed by atoms with Gasteiger partial charge in [-0.15, -0.1) is 0 Å². The van der Waals surface area contributed by atoms with Crippen LogP contribution in [0.25, 0.3) is 0 Å². The number of nitrogens with zero attached hydrogens (tertiary/aromatic N) is 1. The summed E-state index contributed by atoms with van der Waals surface area (Å²) in [5, 5.41) is 0. The lowest BCUT2D eigenvalue weighted by molar-refractivity contribution is 0.467. The van der Waals surface area contributed by atoms with E-state index in [4.69, 9.17) is 0 Å². The Morgan fingerprint density at radius 3 is 1.62 bits per heavy atom. The Morgan fingerprint density at radius 1 is 0.938 bits per heavy atom. The second-order valence-electron chi connectivity index (χ2n) is 3.78. The first-order chi connectivity index (χ1) is 7.29. The van der Waals surface area contributed by atoms with Crippen LogP contribution in [-0.2, 0) is 20.0 Å². The van der Waals surface area contributed by atoms with Crippen molar-refractivity contribution < 1.29 is 16.8 Å². The van der Waals surface area contributed by atoms with Gasteiger partial charge in [-0.1, -0.05) is 15.8 Å². The van der Waals surface area contributed by atoms with Gasteiger partial charge in [0.15, 0.2) is 0 Å². The first kappa shape index (κ1) is 11.6. The zero-order chi connectivity index (χ0) is 12.1. The van der Waals surface area contributed by atoms with Crippen molar-refractivity contribution in [3.05, 3.63) is 24.3 Å². The van der Waals surface area contributed by atoms with Crippen molar-refractivity contribution in [1.82, 2.24) is 3.71 Å². The van der Waals surface area contributed by atoms with E-state index in [-0.39, 0.29) is 9.79 Å². The average molecular weight is 261 g/mol. The third kappa shape index (κ3) is 1.32. The molecule has 1 aromatic rings. The Balaban J connectivity index is 2.87. The van der Waals surface area contributed by atoms with Crippen LogP contribution in [0, 0.1) is 0 Å². The van der Waals surface area contributed by atoms with Crippen LogP contribution in [0.4, 0.5) is 0 Å². The molecule has 0 atom stereocenters. The third-order valence-corrected chi connectivity index (χ3v) is 7.22. The number of rotatable bonds is 1. The zero-order valence-electron chi connectivity index (χ0n) is 8.78. The Hall–Kier alpha value is -0.920. The fourth-order valence-corrected chi connectivity index (χ4v) is 6.55. The minimum Gasteiger partial charge on any atom is -0.206 e. The van der Waals surface area contributed by atoms with E-state index in [1.54, 1.807) is 0 Å². The van der Waals surface area contributed by atoms with E-state index in [1.165, 1.54) is 38.1 Å². The topological polar surface area (TPSA) is 71.5 Å². The Kier molecular flexibility index (Phi) is 2.37. The van der Waals surface area contributed by atoms with Gasteiger partial charge in [-0.3, -0.25) is 0 Å². The van der Waals surface area contributed by atoms with E-state index in [2.05, 4.69) is 0 Å². The molecule has 0 unspecified atom stereocenters. The minimum absolute atomic E-state index is 0.135. The molecule has 0 saturated carbocycles. The second kappa shape index (κ2) is 3.28. The number of hydrogen-bond acceptors (Lipinski definition) is 4. The van der Waals surface area contributed by atoms with Gasteiger partial charge in [-0.05, 0) is 26.0 Å². The van der Waals surface area contributed by atoms with Crippen LogP contribution in [-0.4, -0.2) is 26.6 Å². The number of sulfonamides is 2. The highest BCUT2D eigenvalue weighted by Crippen LogP contribution is 2.37. The normalized spacial score (nSPS) is 22.2. The predicted molar refractivity (Wildman–Crippen MR) is 57.8 cm³/mol. The largest absolute Gasteiger partial charge is 0.257 e. The molecule has 0 N–H and O–H groups in total. The van der Waals surface area contributed by atoms with Gasteiger partial charge < -0.3 is 0 Å². The predicted octanol–water partition coefficient (Wildman–Crippen LogP) is 0.788. The van der Waals surface area contributed by atoms with Gasteiger partial charge >= 0.3 is 0 Å². The van der Waals surface area contributed by atoms with Gasteiger partial charge in [0.05, 0.1) is 0 Å². The summed E-state index contributed by atoms with van der Waals surface area (Å²) in [5.41, 5.74) is 0. The van der Waals surface area contributed by atoms with Gasteiger partial charge in [0.2, 0.25) is 0 Å². The summed E-state index contributed by atoms with van der Waals surface area (Å²) in [6.07, 6.45) is 0. The minimum atomic E-state index is -3.91. The first-order valence-corrected chi connectivity index (χ1v) is 7.56. The maximum absolute atomic E-state index is 12.0. The van der Waals surface area contributed by atoms with Crippen LogP contribution in [0.2, 0.25) is 0 Å². The van der Waals surface area contributed by atoms with Gasteiger partial charge in [-0.2, -0.15) is 0 Å². The molecular weight excluding hydrogens is 250 g/mol. The molecule has 0 spiro atoms.